The van der Waals surface area contributed by atoms with Crippen molar-refractivity contribution in [1.29, 1.82) is 0 Å². The summed E-state index contributed by atoms with van der Waals surface area (Å²) in [6, 6.07) is 0. The number of ether oxygens (including phenoxy) is 1. The van der Waals surface area contributed by atoms with Gasteiger partial charge in [-0.1, -0.05) is 0 Å². The molecule has 0 aliphatic carbocycles. The lowest BCUT2D eigenvalue weighted by atomic mass is 10.1. The van der Waals surface area contributed by atoms with Gasteiger partial charge >= 0.3 is 5.97 Å². The Hall–Kier alpha value is -1.65. The van der Waals surface area contributed by atoms with E-state index >= 15 is 0 Å². The van der Waals surface area contributed by atoms with Gasteiger partial charge in [-0.15, -0.1) is 0 Å². The van der Waals surface area contributed by atoms with Crippen LogP contribution in [0.4, 0.5) is 5.69 Å². The van der Waals surface area contributed by atoms with Crippen LogP contribution in [-0.4, -0.2) is 23.2 Å². The van der Waals surface area contributed by atoms with Gasteiger partial charge < -0.3 is 19.6 Å². The lowest BCUT2D eigenvalue weighted by molar-refractivity contribution is 0.0663. The molecule has 5 nitrogen and oxygen atoms in total. The van der Waals surface area contributed by atoms with Gasteiger partial charge in [0, 0.05) is 0 Å². The summed E-state index contributed by atoms with van der Waals surface area (Å²) in [5, 5.41) is 11.8. The number of carboxylic acid groups (broad SMARTS) is 1. The zero-order chi connectivity index (χ0) is 10.3. The molecule has 14 heavy (non-hydrogen) atoms. The quantitative estimate of drug-likeness (QED) is 0.714. The van der Waals surface area contributed by atoms with Gasteiger partial charge in [-0.25, -0.2) is 4.79 Å². The maximum Gasteiger partial charge on any atom is 0.374 e. The summed E-state index contributed by atoms with van der Waals surface area (Å²) in [5.74, 6) is -0.740. The first-order chi connectivity index (χ1) is 6.49. The summed E-state index contributed by atoms with van der Waals surface area (Å²) in [4.78, 5) is 10.7. The van der Waals surface area contributed by atoms with E-state index in [-0.39, 0.29) is 11.4 Å². The van der Waals surface area contributed by atoms with E-state index in [4.69, 9.17) is 14.3 Å². The predicted octanol–water partition coefficient (Wildman–Crippen LogP) is 1.56. The second-order valence-corrected chi connectivity index (χ2v) is 3.82. The zero-order valence-corrected chi connectivity index (χ0v) is 7.96. The summed E-state index contributed by atoms with van der Waals surface area (Å²) in [6.07, 6.45) is 1.31. The number of aromatic carboxylic acids is 1. The number of nitrogens with one attached hydrogen (secondary N) is 1. The van der Waals surface area contributed by atoms with Crippen LogP contribution >= 0.6 is 0 Å². The molecule has 0 aromatic carbocycles. The molecule has 0 unspecified atom stereocenters. The van der Waals surface area contributed by atoms with Crippen LogP contribution in [-0.2, 0) is 0 Å². The Morgan fingerprint density at radius 1 is 1.64 bits per heavy atom. The van der Waals surface area contributed by atoms with Crippen molar-refractivity contribution in [3.8, 4) is 5.75 Å². The minimum atomic E-state index is -1.10. The number of furan rings is 1. The normalized spacial score (nSPS) is 17.9. The van der Waals surface area contributed by atoms with Crippen molar-refractivity contribution < 1.29 is 19.1 Å². The standard InChI is InChI=1S/C9H11NO4/c1-9(2)4-10-6-5(14-9)3-13-7(6)8(11)12/h3,10H,4H2,1-2H3,(H,11,12). The Morgan fingerprint density at radius 3 is 3.00 bits per heavy atom. The van der Waals surface area contributed by atoms with Gasteiger partial charge in [-0.05, 0) is 13.8 Å². The molecule has 0 atom stereocenters. The number of rotatable bonds is 1. The van der Waals surface area contributed by atoms with E-state index in [1.54, 1.807) is 0 Å². The highest BCUT2D eigenvalue weighted by Gasteiger charge is 2.31. The highest BCUT2D eigenvalue weighted by atomic mass is 16.5. The lowest BCUT2D eigenvalue weighted by Crippen LogP contribution is -2.39. The molecule has 0 saturated heterocycles. The SMILES string of the molecule is CC1(C)CNc2c(coc2C(=O)O)O1. The zero-order valence-electron chi connectivity index (χ0n) is 7.96. The smallest absolute Gasteiger partial charge is 0.374 e. The molecule has 0 saturated carbocycles. The van der Waals surface area contributed by atoms with E-state index in [9.17, 15) is 4.79 Å². The van der Waals surface area contributed by atoms with Gasteiger partial charge in [0.05, 0.1) is 6.54 Å². The third-order valence-electron chi connectivity index (χ3n) is 2.03. The molecule has 1 aliphatic rings. The number of carbonyl (C=O) groups is 1. The Kier molecular flexibility index (Phi) is 1.70. The number of hydrogen-bond donors (Lipinski definition) is 2. The van der Waals surface area contributed by atoms with Crippen molar-refractivity contribution in [2.75, 3.05) is 11.9 Å². The van der Waals surface area contributed by atoms with Crippen LogP contribution in [0.1, 0.15) is 24.4 Å². The average Bonchev–Trinajstić information content (AvgIpc) is 2.44. The molecule has 1 aromatic heterocycles. The monoisotopic (exact) mass is 197 g/mol. The van der Waals surface area contributed by atoms with Crippen LogP contribution in [0.2, 0.25) is 0 Å². The molecule has 1 aromatic rings. The van der Waals surface area contributed by atoms with Crippen LogP contribution in [0.15, 0.2) is 10.7 Å². The van der Waals surface area contributed by atoms with E-state index < -0.39 is 5.97 Å². The van der Waals surface area contributed by atoms with Gasteiger partial charge in [-0.3, -0.25) is 0 Å². The molecule has 76 valence electrons. The Labute approximate surface area is 80.7 Å². The summed E-state index contributed by atoms with van der Waals surface area (Å²) >= 11 is 0. The Balaban J connectivity index is 2.39. The van der Waals surface area contributed by atoms with Crippen LogP contribution < -0.4 is 10.1 Å². The highest BCUT2D eigenvalue weighted by Crippen LogP contribution is 2.37. The summed E-state index contributed by atoms with van der Waals surface area (Å²) in [6.45, 7) is 4.38. The van der Waals surface area contributed by atoms with Crippen molar-refractivity contribution in [2.24, 2.45) is 0 Å². The van der Waals surface area contributed by atoms with Crippen molar-refractivity contribution in [3.63, 3.8) is 0 Å². The molecule has 0 bridgehead atoms. The van der Waals surface area contributed by atoms with Crippen molar-refractivity contribution in [3.05, 3.63) is 12.0 Å². The van der Waals surface area contributed by atoms with E-state index in [0.717, 1.165) is 0 Å². The first-order valence-corrected chi connectivity index (χ1v) is 4.27. The summed E-state index contributed by atoms with van der Waals surface area (Å²) in [7, 11) is 0. The molecule has 0 radical (unpaired) electrons. The maximum absolute atomic E-state index is 10.7. The summed E-state index contributed by atoms with van der Waals surface area (Å²) in [5.41, 5.74) is 0.0870. The van der Waals surface area contributed by atoms with Gasteiger partial charge in [0.25, 0.3) is 0 Å². The van der Waals surface area contributed by atoms with Crippen LogP contribution in [0, 0.1) is 0 Å². The molecule has 2 N–H and O–H groups in total. The fourth-order valence-corrected chi connectivity index (χ4v) is 1.38. The predicted molar refractivity (Wildman–Crippen MR) is 48.9 cm³/mol. The number of fused-ring (bicyclic) bond motifs is 1. The minimum absolute atomic E-state index is 0.101. The minimum Gasteiger partial charge on any atom is -0.480 e. The molecule has 5 heteroatoms. The largest absolute Gasteiger partial charge is 0.480 e. The molecular formula is C9H11NO4. The second-order valence-electron chi connectivity index (χ2n) is 3.82. The average molecular weight is 197 g/mol. The third kappa shape index (κ3) is 1.30. The molecule has 0 fully saturated rings. The fraction of sp³-hybridized carbons (Fsp3) is 0.444. The fourth-order valence-electron chi connectivity index (χ4n) is 1.38. The maximum atomic E-state index is 10.7. The van der Waals surface area contributed by atoms with Crippen molar-refractivity contribution >= 4 is 11.7 Å². The van der Waals surface area contributed by atoms with Crippen molar-refractivity contribution in [1.82, 2.24) is 0 Å². The first-order valence-electron chi connectivity index (χ1n) is 4.27. The number of carboxylic acids is 1. The summed E-state index contributed by atoms with van der Waals surface area (Å²) < 4.78 is 10.4. The molecule has 2 rings (SSSR count). The van der Waals surface area contributed by atoms with E-state index in [1.807, 2.05) is 13.8 Å². The van der Waals surface area contributed by atoms with Gasteiger partial charge in [0.2, 0.25) is 5.76 Å². The first kappa shape index (κ1) is 8.93. The van der Waals surface area contributed by atoms with Crippen molar-refractivity contribution in [2.45, 2.75) is 19.4 Å². The Bertz CT molecular complexity index is 380. The molecule has 0 amide bonds. The molecular weight excluding hydrogens is 186 g/mol. The third-order valence-corrected chi connectivity index (χ3v) is 2.03. The van der Waals surface area contributed by atoms with Gasteiger partial charge in [-0.2, -0.15) is 0 Å². The van der Waals surface area contributed by atoms with Crippen LogP contribution in [0.3, 0.4) is 0 Å². The number of hydrogen-bond acceptors (Lipinski definition) is 4. The van der Waals surface area contributed by atoms with E-state index in [2.05, 4.69) is 5.32 Å². The number of anilines is 1. The van der Waals surface area contributed by atoms with E-state index in [1.165, 1.54) is 6.26 Å². The molecule has 1 aliphatic heterocycles. The van der Waals surface area contributed by atoms with Crippen LogP contribution in [0.5, 0.6) is 5.75 Å². The lowest BCUT2D eigenvalue weighted by Gasteiger charge is -2.31. The van der Waals surface area contributed by atoms with E-state index in [0.29, 0.717) is 18.0 Å². The van der Waals surface area contributed by atoms with Gasteiger partial charge in [0.15, 0.2) is 5.75 Å². The Morgan fingerprint density at radius 2 is 2.36 bits per heavy atom. The second kappa shape index (κ2) is 2.67. The topological polar surface area (TPSA) is 71.7 Å². The molecule has 2 heterocycles. The molecule has 0 spiro atoms. The van der Waals surface area contributed by atoms with Gasteiger partial charge in [0.1, 0.15) is 17.6 Å². The van der Waals surface area contributed by atoms with Crippen LogP contribution in [0.25, 0.3) is 0 Å². The highest BCUT2D eigenvalue weighted by molar-refractivity contribution is 5.93.